The highest BCUT2D eigenvalue weighted by Gasteiger charge is 2.05. The molecule has 0 spiro atoms. The molecule has 0 aliphatic carbocycles. The van der Waals surface area contributed by atoms with Crippen molar-refractivity contribution in [3.63, 3.8) is 0 Å². The molecule has 7 nitrogen and oxygen atoms in total. The van der Waals surface area contributed by atoms with E-state index in [1.54, 1.807) is 30.3 Å². The number of hydrogen-bond acceptors (Lipinski definition) is 5. The average molecular weight is 330 g/mol. The molecule has 2 heterocycles. The number of anilines is 1. The molecule has 0 aliphatic rings. The number of ether oxygens (including phenoxy) is 1. The van der Waals surface area contributed by atoms with Crippen LogP contribution in [0.3, 0.4) is 0 Å². The quantitative estimate of drug-likeness (QED) is 0.776. The molecule has 1 aromatic carbocycles. The molecule has 0 unspecified atom stereocenters. The molecule has 8 heteroatoms. The number of sulfonamides is 1. The van der Waals surface area contributed by atoms with E-state index in [0.717, 1.165) is 6.26 Å². The van der Waals surface area contributed by atoms with Crippen molar-refractivity contribution in [2.75, 3.05) is 11.0 Å². The fraction of sp³-hybridized carbons (Fsp3) is 0.0667. The van der Waals surface area contributed by atoms with Crippen LogP contribution in [-0.4, -0.2) is 29.2 Å². The monoisotopic (exact) mass is 330 g/mol. The third-order valence-corrected chi connectivity index (χ3v) is 3.48. The fourth-order valence-corrected chi connectivity index (χ4v) is 2.50. The maximum absolute atomic E-state index is 11.2. The summed E-state index contributed by atoms with van der Waals surface area (Å²) in [5.74, 6) is 1.63. The summed E-state index contributed by atoms with van der Waals surface area (Å²) in [4.78, 5) is 8.24. The first-order valence-electron chi connectivity index (χ1n) is 6.71. The van der Waals surface area contributed by atoms with E-state index in [4.69, 9.17) is 4.74 Å². The highest BCUT2D eigenvalue weighted by Crippen LogP contribution is 2.22. The number of aromatic nitrogens is 3. The molecule has 3 aromatic rings. The third kappa shape index (κ3) is 4.07. The zero-order valence-corrected chi connectivity index (χ0v) is 13.1. The molecular weight excluding hydrogens is 316 g/mol. The standard InChI is InChI=1S/C15H14N4O3S/c1-23(20,21)18-12-4-6-13(7-5-12)22-15-10-14(16-11-17-15)19-8-2-3-9-19/h2-11,18H,1H3. The molecule has 0 saturated heterocycles. The zero-order valence-electron chi connectivity index (χ0n) is 12.2. The lowest BCUT2D eigenvalue weighted by molar-refractivity contribution is 0.461. The van der Waals surface area contributed by atoms with Crippen LogP contribution in [0, 0.1) is 0 Å². The van der Waals surface area contributed by atoms with Crippen LogP contribution in [0.5, 0.6) is 11.6 Å². The van der Waals surface area contributed by atoms with Crippen LogP contribution in [0.25, 0.3) is 5.82 Å². The Balaban J connectivity index is 1.76. The second kappa shape index (κ2) is 6.09. The minimum absolute atomic E-state index is 0.396. The molecule has 0 aliphatic heterocycles. The van der Waals surface area contributed by atoms with Gasteiger partial charge < -0.3 is 9.30 Å². The van der Waals surface area contributed by atoms with E-state index in [2.05, 4.69) is 14.7 Å². The van der Waals surface area contributed by atoms with Crippen LogP contribution in [0.4, 0.5) is 5.69 Å². The molecule has 23 heavy (non-hydrogen) atoms. The molecule has 0 saturated carbocycles. The van der Waals surface area contributed by atoms with E-state index in [1.807, 2.05) is 29.1 Å². The summed E-state index contributed by atoms with van der Waals surface area (Å²) in [7, 11) is -3.29. The normalized spacial score (nSPS) is 11.2. The number of rotatable bonds is 5. The molecule has 3 rings (SSSR count). The molecule has 2 aromatic heterocycles. The summed E-state index contributed by atoms with van der Waals surface area (Å²) in [6.07, 6.45) is 6.26. The van der Waals surface area contributed by atoms with Gasteiger partial charge in [0, 0.05) is 24.1 Å². The van der Waals surface area contributed by atoms with Gasteiger partial charge in [-0.3, -0.25) is 4.72 Å². The highest BCUT2D eigenvalue weighted by atomic mass is 32.2. The summed E-state index contributed by atoms with van der Waals surface area (Å²) in [6.45, 7) is 0. The predicted octanol–water partition coefficient (Wildman–Crippen LogP) is 2.43. The summed E-state index contributed by atoms with van der Waals surface area (Å²) in [5.41, 5.74) is 0.468. The summed E-state index contributed by atoms with van der Waals surface area (Å²) in [5, 5.41) is 0. The van der Waals surface area contributed by atoms with Gasteiger partial charge in [0.1, 0.15) is 17.9 Å². The van der Waals surface area contributed by atoms with Crippen molar-refractivity contribution in [3.05, 3.63) is 61.2 Å². The summed E-state index contributed by atoms with van der Waals surface area (Å²) >= 11 is 0. The molecule has 0 atom stereocenters. The molecule has 0 fully saturated rings. The van der Waals surface area contributed by atoms with Crippen LogP contribution < -0.4 is 9.46 Å². The Morgan fingerprint density at radius 3 is 2.43 bits per heavy atom. The molecule has 0 radical (unpaired) electrons. The van der Waals surface area contributed by atoms with Crippen LogP contribution in [0.1, 0.15) is 0 Å². The smallest absolute Gasteiger partial charge is 0.229 e. The van der Waals surface area contributed by atoms with Crippen molar-refractivity contribution in [1.82, 2.24) is 14.5 Å². The number of nitrogens with one attached hydrogen (secondary N) is 1. The number of benzene rings is 1. The van der Waals surface area contributed by atoms with Crippen LogP contribution in [0.2, 0.25) is 0 Å². The van der Waals surface area contributed by atoms with Crippen molar-refractivity contribution < 1.29 is 13.2 Å². The maximum atomic E-state index is 11.2. The molecule has 0 bridgehead atoms. The predicted molar refractivity (Wildman–Crippen MR) is 86.3 cm³/mol. The second-order valence-corrected chi connectivity index (χ2v) is 6.55. The molecular formula is C15H14N4O3S. The van der Waals surface area contributed by atoms with Gasteiger partial charge in [0.05, 0.1) is 6.26 Å². The molecule has 118 valence electrons. The first kappa shape index (κ1) is 15.0. The van der Waals surface area contributed by atoms with Crippen LogP contribution in [-0.2, 0) is 10.0 Å². The van der Waals surface area contributed by atoms with Crippen LogP contribution in [0.15, 0.2) is 61.2 Å². The SMILES string of the molecule is CS(=O)(=O)Nc1ccc(Oc2cc(-n3cccc3)ncn2)cc1. The Kier molecular flexibility index (Phi) is 3.98. The van der Waals surface area contributed by atoms with Crippen molar-refractivity contribution >= 4 is 15.7 Å². The number of hydrogen-bond donors (Lipinski definition) is 1. The summed E-state index contributed by atoms with van der Waals surface area (Å²) in [6, 6.07) is 12.1. The lowest BCUT2D eigenvalue weighted by Gasteiger charge is -2.08. The van der Waals surface area contributed by atoms with Gasteiger partial charge >= 0.3 is 0 Å². The van der Waals surface area contributed by atoms with Gasteiger partial charge in [0.15, 0.2) is 0 Å². The Labute approximate surface area is 133 Å². The maximum Gasteiger partial charge on any atom is 0.229 e. The van der Waals surface area contributed by atoms with E-state index in [0.29, 0.717) is 23.1 Å². The lowest BCUT2D eigenvalue weighted by Crippen LogP contribution is -2.09. The van der Waals surface area contributed by atoms with Crippen molar-refractivity contribution in [3.8, 4) is 17.4 Å². The van der Waals surface area contributed by atoms with Gasteiger partial charge in [-0.05, 0) is 36.4 Å². The van der Waals surface area contributed by atoms with Gasteiger partial charge in [-0.1, -0.05) is 0 Å². The van der Waals surface area contributed by atoms with Gasteiger partial charge in [-0.25, -0.2) is 18.4 Å². The van der Waals surface area contributed by atoms with E-state index in [1.165, 1.54) is 6.33 Å². The first-order chi connectivity index (χ1) is 11.0. The molecule has 1 N–H and O–H groups in total. The lowest BCUT2D eigenvalue weighted by atomic mass is 10.3. The van der Waals surface area contributed by atoms with E-state index < -0.39 is 10.0 Å². The third-order valence-electron chi connectivity index (χ3n) is 2.88. The van der Waals surface area contributed by atoms with E-state index >= 15 is 0 Å². The van der Waals surface area contributed by atoms with Crippen LogP contribution >= 0.6 is 0 Å². The minimum Gasteiger partial charge on any atom is -0.439 e. The minimum atomic E-state index is -3.29. The average Bonchev–Trinajstić information content (AvgIpc) is 3.02. The number of nitrogens with zero attached hydrogens (tertiary/aromatic N) is 3. The Morgan fingerprint density at radius 1 is 1.09 bits per heavy atom. The first-order valence-corrected chi connectivity index (χ1v) is 8.60. The van der Waals surface area contributed by atoms with E-state index in [-0.39, 0.29) is 0 Å². The van der Waals surface area contributed by atoms with Gasteiger partial charge in [0.2, 0.25) is 15.9 Å². The molecule has 0 amide bonds. The fourth-order valence-electron chi connectivity index (χ4n) is 1.94. The van der Waals surface area contributed by atoms with Gasteiger partial charge in [-0.2, -0.15) is 0 Å². The zero-order chi connectivity index (χ0) is 16.3. The second-order valence-electron chi connectivity index (χ2n) is 4.81. The van der Waals surface area contributed by atoms with Gasteiger partial charge in [0.25, 0.3) is 0 Å². The van der Waals surface area contributed by atoms with Crippen molar-refractivity contribution in [2.45, 2.75) is 0 Å². The highest BCUT2D eigenvalue weighted by molar-refractivity contribution is 7.92. The van der Waals surface area contributed by atoms with Gasteiger partial charge in [-0.15, -0.1) is 0 Å². The largest absolute Gasteiger partial charge is 0.439 e. The topological polar surface area (TPSA) is 86.1 Å². The van der Waals surface area contributed by atoms with Crippen molar-refractivity contribution in [2.24, 2.45) is 0 Å². The summed E-state index contributed by atoms with van der Waals surface area (Å²) < 4.78 is 32.2. The Hall–Kier alpha value is -2.87. The Bertz CT molecular complexity index is 891. The van der Waals surface area contributed by atoms with Crippen molar-refractivity contribution in [1.29, 1.82) is 0 Å². The van der Waals surface area contributed by atoms with E-state index in [9.17, 15) is 8.42 Å². The Morgan fingerprint density at radius 2 is 1.78 bits per heavy atom.